The topological polar surface area (TPSA) is 45.2 Å². The summed E-state index contributed by atoms with van der Waals surface area (Å²) in [6.45, 7) is 3.26. The molecule has 1 saturated carbocycles. The molecule has 0 aromatic carbocycles. The van der Waals surface area contributed by atoms with Crippen LogP contribution < -0.4 is 5.32 Å². The molecule has 3 nitrogen and oxygen atoms in total. The van der Waals surface area contributed by atoms with Crippen LogP contribution in [0.25, 0.3) is 0 Å². The van der Waals surface area contributed by atoms with Crippen molar-refractivity contribution in [3.8, 4) is 0 Å². The molecule has 0 spiro atoms. The molecule has 0 saturated heterocycles. The molecule has 1 aliphatic carbocycles. The standard InChI is InChI=1S/C12H20N2OS/c1-2-12-14-10(8-16-12)7-13-11(5-6-15)9-3-4-9/h8-9,11,13,15H,2-7H2,1H3. The zero-order valence-corrected chi connectivity index (χ0v) is 10.6. The molecule has 4 heteroatoms. The van der Waals surface area contributed by atoms with Gasteiger partial charge in [0.2, 0.25) is 0 Å². The number of hydrogen-bond acceptors (Lipinski definition) is 4. The van der Waals surface area contributed by atoms with Gasteiger partial charge >= 0.3 is 0 Å². The average molecular weight is 240 g/mol. The predicted octanol–water partition coefficient (Wildman–Crippen LogP) is 1.96. The lowest BCUT2D eigenvalue weighted by atomic mass is 10.1. The highest BCUT2D eigenvalue weighted by Crippen LogP contribution is 2.34. The number of aryl methyl sites for hydroxylation is 1. The molecule has 1 fully saturated rings. The van der Waals surface area contributed by atoms with Crippen molar-refractivity contribution in [1.29, 1.82) is 0 Å². The van der Waals surface area contributed by atoms with Crippen molar-refractivity contribution in [2.45, 2.75) is 45.2 Å². The Hall–Kier alpha value is -0.450. The summed E-state index contributed by atoms with van der Waals surface area (Å²) in [5.74, 6) is 0.788. The summed E-state index contributed by atoms with van der Waals surface area (Å²) in [7, 11) is 0. The normalized spacial score (nSPS) is 17.6. The quantitative estimate of drug-likeness (QED) is 0.766. The maximum atomic E-state index is 9.00. The summed E-state index contributed by atoms with van der Waals surface area (Å²) in [5, 5.41) is 15.9. The lowest BCUT2D eigenvalue weighted by Crippen LogP contribution is -2.31. The number of nitrogens with one attached hydrogen (secondary N) is 1. The van der Waals surface area contributed by atoms with Gasteiger partial charge in [0.25, 0.3) is 0 Å². The van der Waals surface area contributed by atoms with Crippen molar-refractivity contribution in [3.05, 3.63) is 16.1 Å². The molecule has 2 N–H and O–H groups in total. The number of thiazole rings is 1. The summed E-state index contributed by atoms with van der Waals surface area (Å²) >= 11 is 1.74. The number of aliphatic hydroxyl groups excluding tert-OH is 1. The Morgan fingerprint density at radius 1 is 1.62 bits per heavy atom. The summed E-state index contributed by atoms with van der Waals surface area (Å²) < 4.78 is 0. The van der Waals surface area contributed by atoms with Crippen LogP contribution in [0.3, 0.4) is 0 Å². The van der Waals surface area contributed by atoms with E-state index in [4.69, 9.17) is 5.11 Å². The fourth-order valence-electron chi connectivity index (χ4n) is 1.97. The van der Waals surface area contributed by atoms with Crippen LogP contribution in [-0.2, 0) is 13.0 Å². The highest BCUT2D eigenvalue weighted by atomic mass is 32.1. The van der Waals surface area contributed by atoms with Gasteiger partial charge in [0.1, 0.15) is 0 Å². The van der Waals surface area contributed by atoms with Gasteiger partial charge in [-0.1, -0.05) is 6.92 Å². The van der Waals surface area contributed by atoms with Crippen LogP contribution >= 0.6 is 11.3 Å². The Balaban J connectivity index is 1.80. The van der Waals surface area contributed by atoms with Gasteiger partial charge < -0.3 is 10.4 Å². The third-order valence-corrected chi connectivity index (χ3v) is 4.12. The monoisotopic (exact) mass is 240 g/mol. The van der Waals surface area contributed by atoms with Crippen LogP contribution in [0.5, 0.6) is 0 Å². The van der Waals surface area contributed by atoms with E-state index in [-0.39, 0.29) is 6.61 Å². The smallest absolute Gasteiger partial charge is 0.0926 e. The van der Waals surface area contributed by atoms with Gasteiger partial charge in [-0.3, -0.25) is 0 Å². The van der Waals surface area contributed by atoms with E-state index in [2.05, 4.69) is 22.6 Å². The highest BCUT2D eigenvalue weighted by Gasteiger charge is 2.30. The summed E-state index contributed by atoms with van der Waals surface area (Å²) in [5.41, 5.74) is 1.14. The Morgan fingerprint density at radius 2 is 2.44 bits per heavy atom. The first-order valence-corrected chi connectivity index (χ1v) is 6.99. The van der Waals surface area contributed by atoms with Gasteiger partial charge in [0.15, 0.2) is 0 Å². The minimum Gasteiger partial charge on any atom is -0.396 e. The molecule has 0 aliphatic heterocycles. The summed E-state index contributed by atoms with van der Waals surface area (Å²) in [4.78, 5) is 4.53. The van der Waals surface area contributed by atoms with Crippen LogP contribution in [-0.4, -0.2) is 22.7 Å². The zero-order chi connectivity index (χ0) is 11.4. The van der Waals surface area contributed by atoms with Gasteiger partial charge in [0.05, 0.1) is 10.7 Å². The van der Waals surface area contributed by atoms with Crippen molar-refractivity contribution < 1.29 is 5.11 Å². The third kappa shape index (κ3) is 3.27. The van der Waals surface area contributed by atoms with Gasteiger partial charge in [0, 0.05) is 24.6 Å². The van der Waals surface area contributed by atoms with E-state index in [1.54, 1.807) is 11.3 Å². The fourth-order valence-corrected chi connectivity index (χ4v) is 2.72. The molecule has 1 aromatic heterocycles. The molecule has 0 amide bonds. The third-order valence-electron chi connectivity index (χ3n) is 3.08. The molecule has 0 radical (unpaired) electrons. The Morgan fingerprint density at radius 3 is 3.00 bits per heavy atom. The van der Waals surface area contributed by atoms with Gasteiger partial charge in [-0.05, 0) is 31.6 Å². The second-order valence-electron chi connectivity index (χ2n) is 4.42. The number of hydrogen-bond donors (Lipinski definition) is 2. The van der Waals surface area contributed by atoms with E-state index in [1.807, 2.05) is 0 Å². The molecule has 0 bridgehead atoms. The fraction of sp³-hybridized carbons (Fsp3) is 0.750. The molecule has 2 rings (SSSR count). The van der Waals surface area contributed by atoms with Crippen LogP contribution in [0.1, 0.15) is 36.9 Å². The largest absolute Gasteiger partial charge is 0.396 e. The number of nitrogens with zero attached hydrogens (tertiary/aromatic N) is 1. The molecule has 1 atom stereocenters. The van der Waals surface area contributed by atoms with E-state index in [1.165, 1.54) is 17.8 Å². The summed E-state index contributed by atoms with van der Waals surface area (Å²) in [6, 6.07) is 0.483. The van der Waals surface area contributed by atoms with E-state index >= 15 is 0 Å². The van der Waals surface area contributed by atoms with Crippen molar-refractivity contribution in [2.24, 2.45) is 5.92 Å². The molecule has 1 heterocycles. The molecular weight excluding hydrogens is 220 g/mol. The first kappa shape index (κ1) is 12.0. The van der Waals surface area contributed by atoms with E-state index in [0.29, 0.717) is 6.04 Å². The van der Waals surface area contributed by atoms with E-state index < -0.39 is 0 Å². The van der Waals surface area contributed by atoms with Crippen molar-refractivity contribution >= 4 is 11.3 Å². The molecular formula is C12H20N2OS. The number of aliphatic hydroxyl groups is 1. The zero-order valence-electron chi connectivity index (χ0n) is 9.78. The maximum absolute atomic E-state index is 9.00. The summed E-state index contributed by atoms with van der Waals surface area (Å²) in [6.07, 6.45) is 4.52. The highest BCUT2D eigenvalue weighted by molar-refractivity contribution is 7.09. The minimum atomic E-state index is 0.283. The van der Waals surface area contributed by atoms with Crippen LogP contribution in [0.2, 0.25) is 0 Å². The Bertz CT molecular complexity index is 323. The van der Waals surface area contributed by atoms with Crippen molar-refractivity contribution in [2.75, 3.05) is 6.61 Å². The Kier molecular flexibility index (Phi) is 4.32. The molecule has 1 unspecified atom stereocenters. The minimum absolute atomic E-state index is 0.283. The molecule has 16 heavy (non-hydrogen) atoms. The van der Waals surface area contributed by atoms with Crippen LogP contribution in [0.4, 0.5) is 0 Å². The molecule has 1 aliphatic rings. The van der Waals surface area contributed by atoms with Crippen LogP contribution in [0, 0.1) is 5.92 Å². The predicted molar refractivity (Wildman–Crippen MR) is 66.5 cm³/mol. The number of rotatable bonds is 7. The van der Waals surface area contributed by atoms with Gasteiger partial charge in [-0.25, -0.2) is 4.98 Å². The van der Waals surface area contributed by atoms with Gasteiger partial charge in [-0.2, -0.15) is 0 Å². The average Bonchev–Trinajstić information content (AvgIpc) is 3.03. The first-order valence-electron chi connectivity index (χ1n) is 6.11. The Labute approximate surface area is 101 Å². The van der Waals surface area contributed by atoms with Crippen LogP contribution in [0.15, 0.2) is 5.38 Å². The lowest BCUT2D eigenvalue weighted by molar-refractivity contribution is 0.255. The first-order chi connectivity index (χ1) is 7.83. The maximum Gasteiger partial charge on any atom is 0.0926 e. The van der Waals surface area contributed by atoms with Gasteiger partial charge in [-0.15, -0.1) is 11.3 Å². The number of aromatic nitrogens is 1. The lowest BCUT2D eigenvalue weighted by Gasteiger charge is -2.16. The van der Waals surface area contributed by atoms with E-state index in [0.717, 1.165) is 31.0 Å². The van der Waals surface area contributed by atoms with E-state index in [9.17, 15) is 0 Å². The van der Waals surface area contributed by atoms with Crippen molar-refractivity contribution in [3.63, 3.8) is 0 Å². The molecule has 1 aromatic rings. The second-order valence-corrected chi connectivity index (χ2v) is 5.37. The molecule has 90 valence electrons. The SMILES string of the molecule is CCc1nc(CNC(CCO)C2CC2)cs1. The van der Waals surface area contributed by atoms with Crippen molar-refractivity contribution in [1.82, 2.24) is 10.3 Å². The second kappa shape index (κ2) is 5.75.